The average molecular weight is 313 g/mol. The minimum absolute atomic E-state index is 0.426. The van der Waals surface area contributed by atoms with Crippen LogP contribution in [-0.2, 0) is 4.74 Å². The Labute approximate surface area is 135 Å². The molecule has 0 saturated carbocycles. The van der Waals surface area contributed by atoms with Crippen molar-refractivity contribution in [1.29, 1.82) is 0 Å². The molecule has 2 aromatic heterocycles. The lowest BCUT2D eigenvalue weighted by Gasteiger charge is -2.19. The Kier molecular flexibility index (Phi) is 5.31. The molecule has 1 N–H and O–H groups in total. The highest BCUT2D eigenvalue weighted by atomic mass is 16.6. The molecule has 0 aliphatic rings. The normalized spacial score (nSPS) is 10.6. The molecule has 1 amide bonds. The van der Waals surface area contributed by atoms with Gasteiger partial charge >= 0.3 is 6.09 Å². The van der Waals surface area contributed by atoms with Crippen LogP contribution in [0.3, 0.4) is 0 Å². The molecule has 0 aromatic carbocycles. The highest BCUT2D eigenvalue weighted by molar-refractivity contribution is 5.67. The molecule has 0 fully saturated rings. The van der Waals surface area contributed by atoms with Gasteiger partial charge in [0, 0.05) is 37.8 Å². The fourth-order valence-corrected chi connectivity index (χ4v) is 1.60. The van der Waals surface area contributed by atoms with Gasteiger partial charge in [-0.15, -0.1) is 0 Å². The summed E-state index contributed by atoms with van der Waals surface area (Å²) < 4.78 is 6.84. The smallest absolute Gasteiger partial charge is 0.407 e. The summed E-state index contributed by atoms with van der Waals surface area (Å²) in [5.41, 5.74) is 0.218. The Morgan fingerprint density at radius 3 is 2.70 bits per heavy atom. The lowest BCUT2D eigenvalue weighted by molar-refractivity contribution is 0.0529. The summed E-state index contributed by atoms with van der Waals surface area (Å²) in [5.74, 6) is 6.44. The molecule has 23 heavy (non-hydrogen) atoms. The van der Waals surface area contributed by atoms with E-state index in [4.69, 9.17) is 4.74 Å². The van der Waals surface area contributed by atoms with E-state index in [1.165, 1.54) is 0 Å². The Morgan fingerprint density at radius 2 is 2.09 bits per heavy atom. The van der Waals surface area contributed by atoms with E-state index in [0.717, 1.165) is 0 Å². The summed E-state index contributed by atoms with van der Waals surface area (Å²) >= 11 is 0. The molecule has 120 valence electrons. The second kappa shape index (κ2) is 7.40. The average Bonchev–Trinajstić information content (AvgIpc) is 3.00. The molecule has 2 heterocycles. The number of hydrogen-bond donors (Lipinski definition) is 1. The lowest BCUT2D eigenvalue weighted by atomic mass is 10.2. The van der Waals surface area contributed by atoms with Gasteiger partial charge in [-0.05, 0) is 20.8 Å². The van der Waals surface area contributed by atoms with E-state index in [2.05, 4.69) is 32.1 Å². The van der Waals surface area contributed by atoms with Gasteiger partial charge in [0.15, 0.2) is 0 Å². The summed E-state index contributed by atoms with van der Waals surface area (Å²) in [6.07, 6.45) is 8.43. The molecule has 2 aromatic rings. The fraction of sp³-hybridized carbons (Fsp3) is 0.375. The van der Waals surface area contributed by atoms with Gasteiger partial charge in [0.1, 0.15) is 11.9 Å². The number of nitrogens with zero attached hydrogens (tertiary/aromatic N) is 4. The van der Waals surface area contributed by atoms with Crippen molar-refractivity contribution in [3.05, 3.63) is 36.7 Å². The number of rotatable bonds is 3. The Morgan fingerprint density at radius 1 is 1.35 bits per heavy atom. The van der Waals surface area contributed by atoms with E-state index in [9.17, 15) is 4.79 Å². The first-order valence-corrected chi connectivity index (χ1v) is 7.20. The first-order valence-electron chi connectivity index (χ1n) is 7.20. The van der Waals surface area contributed by atoms with Crippen molar-refractivity contribution in [3.63, 3.8) is 0 Å². The number of carbonyl (C=O) groups is 1. The molecule has 2 rings (SSSR count). The van der Waals surface area contributed by atoms with Crippen molar-refractivity contribution in [2.24, 2.45) is 0 Å². The number of aromatic nitrogens is 4. The van der Waals surface area contributed by atoms with Crippen molar-refractivity contribution >= 4 is 6.09 Å². The van der Waals surface area contributed by atoms with Crippen LogP contribution in [0.25, 0.3) is 5.95 Å². The summed E-state index contributed by atoms with van der Waals surface area (Å²) in [7, 11) is 0. The van der Waals surface area contributed by atoms with Crippen LogP contribution in [0.15, 0.2) is 31.1 Å². The third kappa shape index (κ3) is 5.79. The molecule has 7 heteroatoms. The maximum atomic E-state index is 11.4. The number of alkyl carbamates (subject to hydrolysis) is 1. The molecule has 0 unspecified atom stereocenters. The number of nitrogens with one attached hydrogen (secondary N) is 1. The van der Waals surface area contributed by atoms with Crippen LogP contribution in [0, 0.1) is 11.8 Å². The summed E-state index contributed by atoms with van der Waals surface area (Å²) in [4.78, 5) is 23.8. The number of amides is 1. The van der Waals surface area contributed by atoms with Crippen LogP contribution in [0.1, 0.15) is 32.8 Å². The predicted molar refractivity (Wildman–Crippen MR) is 84.9 cm³/mol. The molecule has 0 radical (unpaired) electrons. The Balaban J connectivity index is 1.78. The van der Waals surface area contributed by atoms with Gasteiger partial charge in [-0.1, -0.05) is 11.8 Å². The second-order valence-electron chi connectivity index (χ2n) is 5.72. The van der Waals surface area contributed by atoms with Crippen LogP contribution in [0.2, 0.25) is 0 Å². The largest absolute Gasteiger partial charge is 0.444 e. The zero-order valence-corrected chi connectivity index (χ0v) is 13.4. The van der Waals surface area contributed by atoms with Gasteiger partial charge in [-0.25, -0.2) is 19.7 Å². The Hall–Kier alpha value is -2.88. The summed E-state index contributed by atoms with van der Waals surface area (Å²) in [6.45, 7) is 5.88. The monoisotopic (exact) mass is 313 g/mol. The van der Waals surface area contributed by atoms with Crippen LogP contribution in [0.5, 0.6) is 0 Å². The number of carbonyl (C=O) groups excluding carboxylic acids is 1. The first kappa shape index (κ1) is 16.5. The van der Waals surface area contributed by atoms with Gasteiger partial charge < -0.3 is 10.1 Å². The van der Waals surface area contributed by atoms with Crippen molar-refractivity contribution in [1.82, 2.24) is 24.8 Å². The number of imidazole rings is 1. The SMILES string of the molecule is CC(C)(C)OC(=O)NCCC#Cc1cnc(-n2ccnc2)nc1. The van der Waals surface area contributed by atoms with E-state index >= 15 is 0 Å². The second-order valence-corrected chi connectivity index (χ2v) is 5.72. The lowest BCUT2D eigenvalue weighted by Crippen LogP contribution is -2.32. The standard InChI is InChI=1S/C16H19N5O2/c1-16(2,3)23-15(22)18-7-5-4-6-13-10-19-14(20-11-13)21-9-8-17-12-21/h8-12H,5,7H2,1-3H3,(H,18,22). The molecule has 0 atom stereocenters. The quantitative estimate of drug-likeness (QED) is 0.691. The maximum Gasteiger partial charge on any atom is 0.407 e. The zero-order valence-electron chi connectivity index (χ0n) is 13.4. The highest BCUT2D eigenvalue weighted by Crippen LogP contribution is 2.06. The van der Waals surface area contributed by atoms with E-state index in [1.54, 1.807) is 35.7 Å². The van der Waals surface area contributed by atoms with Gasteiger partial charge in [-0.2, -0.15) is 0 Å². The van der Waals surface area contributed by atoms with Crippen molar-refractivity contribution < 1.29 is 9.53 Å². The number of ether oxygens (including phenoxy) is 1. The molecule has 7 nitrogen and oxygen atoms in total. The molecule has 0 aliphatic carbocycles. The fourth-order valence-electron chi connectivity index (χ4n) is 1.60. The zero-order chi connectivity index (χ0) is 16.7. The Bertz CT molecular complexity index is 691. The molecule has 0 aliphatic heterocycles. The van der Waals surface area contributed by atoms with Crippen molar-refractivity contribution in [2.75, 3.05) is 6.54 Å². The minimum Gasteiger partial charge on any atom is -0.444 e. The van der Waals surface area contributed by atoms with Crippen LogP contribution >= 0.6 is 0 Å². The minimum atomic E-state index is -0.496. The third-order valence-corrected chi connectivity index (χ3v) is 2.52. The molecule has 0 bridgehead atoms. The highest BCUT2D eigenvalue weighted by Gasteiger charge is 2.15. The van der Waals surface area contributed by atoms with Crippen molar-refractivity contribution in [3.8, 4) is 17.8 Å². The van der Waals surface area contributed by atoms with Gasteiger partial charge in [0.2, 0.25) is 5.95 Å². The molecular weight excluding hydrogens is 294 g/mol. The van der Waals surface area contributed by atoms with E-state index in [0.29, 0.717) is 24.5 Å². The van der Waals surface area contributed by atoms with E-state index in [-0.39, 0.29) is 0 Å². The maximum absolute atomic E-state index is 11.4. The summed E-state index contributed by atoms with van der Waals surface area (Å²) in [5, 5.41) is 2.65. The molecular formula is C16H19N5O2. The van der Waals surface area contributed by atoms with Gasteiger partial charge in [0.25, 0.3) is 0 Å². The molecule has 0 saturated heterocycles. The van der Waals surface area contributed by atoms with Crippen molar-refractivity contribution in [2.45, 2.75) is 32.8 Å². The predicted octanol–water partition coefficient (Wildman–Crippen LogP) is 1.93. The van der Waals surface area contributed by atoms with E-state index in [1.807, 2.05) is 20.8 Å². The first-order chi connectivity index (χ1) is 10.9. The van der Waals surface area contributed by atoms with E-state index < -0.39 is 11.7 Å². The van der Waals surface area contributed by atoms with Crippen LogP contribution < -0.4 is 5.32 Å². The topological polar surface area (TPSA) is 81.9 Å². The van der Waals surface area contributed by atoms with Gasteiger partial charge in [0.05, 0.1) is 5.56 Å². The third-order valence-electron chi connectivity index (χ3n) is 2.52. The number of hydrogen-bond acceptors (Lipinski definition) is 5. The van der Waals surface area contributed by atoms with Crippen LogP contribution in [-0.4, -0.2) is 37.8 Å². The van der Waals surface area contributed by atoms with Crippen LogP contribution in [0.4, 0.5) is 4.79 Å². The molecule has 0 spiro atoms. The summed E-state index contributed by atoms with van der Waals surface area (Å²) in [6, 6.07) is 0. The van der Waals surface area contributed by atoms with Gasteiger partial charge in [-0.3, -0.25) is 4.57 Å².